The van der Waals surface area contributed by atoms with Crippen molar-refractivity contribution < 1.29 is 4.42 Å². The molecule has 0 saturated carbocycles. The summed E-state index contributed by atoms with van der Waals surface area (Å²) < 4.78 is 8.62. The largest absolute Gasteiger partial charge is 0.456 e. The number of benzene rings is 9. The van der Waals surface area contributed by atoms with E-state index >= 15 is 0 Å². The molecule has 13 rings (SSSR count). The van der Waals surface area contributed by atoms with Crippen molar-refractivity contribution in [3.8, 4) is 28.5 Å². The summed E-state index contributed by atoms with van der Waals surface area (Å²) in [6, 6.07) is 59.2. The van der Waals surface area contributed by atoms with E-state index in [4.69, 9.17) is 14.4 Å². The number of aromatic nitrogens is 3. The lowest BCUT2D eigenvalue weighted by Crippen LogP contribution is -2.18. The standard InChI is InChI=1S/C53H33N3O/c1-53(2)42-21-11-9-20-39(42)51-49(53)50(32-23-26-46-40(28-32)36-18-10-12-22-45(36)57-46)54-52(55-51)56-43-25-24-38-35-17-6-5-15-33(35)34-16-7-8-19-37(34)47(38)48(43)41-27-30-13-3-4-14-31(30)29-44(41)56/h3-29H,1-2H3. The van der Waals surface area contributed by atoms with Crippen molar-refractivity contribution in [2.24, 2.45) is 0 Å². The van der Waals surface area contributed by atoms with Gasteiger partial charge in [-0.2, -0.15) is 0 Å². The van der Waals surface area contributed by atoms with Crippen LogP contribution in [-0.2, 0) is 5.41 Å². The fraction of sp³-hybridized carbons (Fsp3) is 0.0566. The molecule has 0 unspecified atom stereocenters. The third-order valence-electron chi connectivity index (χ3n) is 12.7. The van der Waals surface area contributed by atoms with E-state index in [1.165, 1.54) is 59.4 Å². The van der Waals surface area contributed by atoms with E-state index in [-0.39, 0.29) is 5.41 Å². The predicted octanol–water partition coefficient (Wildman–Crippen LogP) is 14.1. The normalized spacial score (nSPS) is 13.6. The van der Waals surface area contributed by atoms with Crippen LogP contribution < -0.4 is 0 Å². The average Bonchev–Trinajstić information content (AvgIpc) is 3.87. The van der Waals surface area contributed by atoms with Crippen LogP contribution in [0.4, 0.5) is 0 Å². The van der Waals surface area contributed by atoms with Gasteiger partial charge in [0.25, 0.3) is 0 Å². The van der Waals surface area contributed by atoms with E-state index in [9.17, 15) is 0 Å². The summed E-state index contributed by atoms with van der Waals surface area (Å²) in [6.07, 6.45) is 0. The van der Waals surface area contributed by atoms with Crippen molar-refractivity contribution in [1.29, 1.82) is 0 Å². The zero-order valence-corrected chi connectivity index (χ0v) is 31.3. The maximum Gasteiger partial charge on any atom is 0.235 e. The van der Waals surface area contributed by atoms with Crippen molar-refractivity contribution >= 4 is 86.8 Å². The first-order valence-electron chi connectivity index (χ1n) is 19.7. The van der Waals surface area contributed by atoms with Crippen molar-refractivity contribution in [2.45, 2.75) is 19.3 Å². The van der Waals surface area contributed by atoms with Crippen molar-refractivity contribution in [2.75, 3.05) is 0 Å². The quantitative estimate of drug-likeness (QED) is 0.167. The van der Waals surface area contributed by atoms with Gasteiger partial charge in [0.15, 0.2) is 0 Å². The maximum absolute atomic E-state index is 6.30. The number of nitrogens with zero attached hydrogens (tertiary/aromatic N) is 3. The third kappa shape index (κ3) is 4.06. The van der Waals surface area contributed by atoms with E-state index in [0.29, 0.717) is 5.95 Å². The molecular formula is C53H33N3O. The molecule has 3 aromatic heterocycles. The molecular weight excluding hydrogens is 695 g/mol. The summed E-state index contributed by atoms with van der Waals surface area (Å²) >= 11 is 0. The zero-order valence-electron chi connectivity index (χ0n) is 31.3. The number of rotatable bonds is 2. The molecule has 266 valence electrons. The average molecular weight is 728 g/mol. The Kier molecular flexibility index (Phi) is 5.94. The Morgan fingerprint density at radius 1 is 0.456 bits per heavy atom. The molecule has 9 aromatic carbocycles. The molecule has 0 amide bonds. The monoisotopic (exact) mass is 727 g/mol. The summed E-state index contributed by atoms with van der Waals surface area (Å²) in [5.41, 5.74) is 10.1. The molecule has 0 saturated heterocycles. The van der Waals surface area contributed by atoms with Crippen LogP contribution in [0.1, 0.15) is 25.0 Å². The first-order valence-corrected chi connectivity index (χ1v) is 19.7. The second kappa shape index (κ2) is 10.9. The van der Waals surface area contributed by atoms with Gasteiger partial charge in [-0.1, -0.05) is 135 Å². The molecule has 4 nitrogen and oxygen atoms in total. The lowest BCUT2D eigenvalue weighted by Gasteiger charge is -2.24. The molecule has 0 atom stereocenters. The number of hydrogen-bond acceptors (Lipinski definition) is 3. The molecule has 1 aliphatic rings. The van der Waals surface area contributed by atoms with Crippen LogP contribution in [0.25, 0.3) is 115 Å². The summed E-state index contributed by atoms with van der Waals surface area (Å²) in [6.45, 7) is 4.62. The number of para-hydroxylation sites is 1. The second-order valence-corrected chi connectivity index (χ2v) is 16.1. The minimum Gasteiger partial charge on any atom is -0.456 e. The van der Waals surface area contributed by atoms with E-state index in [1.807, 2.05) is 12.1 Å². The lowest BCUT2D eigenvalue weighted by atomic mass is 9.81. The highest BCUT2D eigenvalue weighted by atomic mass is 16.3. The van der Waals surface area contributed by atoms with Crippen LogP contribution in [0.15, 0.2) is 168 Å². The van der Waals surface area contributed by atoms with E-state index in [0.717, 1.165) is 61.1 Å². The van der Waals surface area contributed by atoms with Crippen LogP contribution in [0.2, 0.25) is 0 Å². The Morgan fingerprint density at radius 3 is 1.88 bits per heavy atom. The highest BCUT2D eigenvalue weighted by Gasteiger charge is 2.40. The fourth-order valence-corrected chi connectivity index (χ4v) is 10.2. The Hall–Kier alpha value is -7.30. The van der Waals surface area contributed by atoms with E-state index < -0.39 is 0 Å². The number of hydrogen-bond donors (Lipinski definition) is 0. The highest BCUT2D eigenvalue weighted by molar-refractivity contribution is 6.35. The van der Waals surface area contributed by atoms with Crippen LogP contribution in [0.5, 0.6) is 0 Å². The van der Waals surface area contributed by atoms with Gasteiger partial charge < -0.3 is 4.42 Å². The second-order valence-electron chi connectivity index (χ2n) is 16.1. The van der Waals surface area contributed by atoms with Gasteiger partial charge in [-0.3, -0.25) is 4.57 Å². The molecule has 0 aliphatic heterocycles. The molecule has 0 radical (unpaired) electrons. The minimum atomic E-state index is -0.319. The molecule has 3 heterocycles. The Balaban J connectivity index is 1.21. The smallest absolute Gasteiger partial charge is 0.235 e. The van der Waals surface area contributed by atoms with Gasteiger partial charge in [0.2, 0.25) is 5.95 Å². The van der Waals surface area contributed by atoms with Crippen LogP contribution >= 0.6 is 0 Å². The first-order chi connectivity index (χ1) is 28.0. The summed E-state index contributed by atoms with van der Waals surface area (Å²) in [5.74, 6) is 0.660. The minimum absolute atomic E-state index is 0.319. The molecule has 0 N–H and O–H groups in total. The SMILES string of the molecule is CC1(C)c2ccccc2-c2nc(-n3c4cc5ccccc5cc4c4c5c6ccccc6c6ccccc6c5ccc43)nc(-c3ccc4oc5ccccc5c4c3)c21. The van der Waals surface area contributed by atoms with Crippen LogP contribution in [0, 0.1) is 0 Å². The molecule has 1 aliphatic carbocycles. The lowest BCUT2D eigenvalue weighted by molar-refractivity contribution is 0.657. The van der Waals surface area contributed by atoms with Gasteiger partial charge in [0.1, 0.15) is 11.2 Å². The Labute approximate surface area is 327 Å². The molecule has 57 heavy (non-hydrogen) atoms. The Bertz CT molecular complexity index is 3700. The van der Waals surface area contributed by atoms with Gasteiger partial charge >= 0.3 is 0 Å². The summed E-state index contributed by atoms with van der Waals surface area (Å²) in [5, 5.41) is 14.5. The Morgan fingerprint density at radius 2 is 1.07 bits per heavy atom. The van der Waals surface area contributed by atoms with Gasteiger partial charge in [-0.25, -0.2) is 9.97 Å². The fourth-order valence-electron chi connectivity index (χ4n) is 10.2. The molecule has 4 heteroatoms. The molecule has 0 bridgehead atoms. The topological polar surface area (TPSA) is 43.9 Å². The van der Waals surface area contributed by atoms with Gasteiger partial charge in [0.05, 0.1) is 22.4 Å². The third-order valence-corrected chi connectivity index (χ3v) is 12.7. The van der Waals surface area contributed by atoms with Crippen LogP contribution in [0.3, 0.4) is 0 Å². The number of furan rings is 1. The predicted molar refractivity (Wildman–Crippen MR) is 237 cm³/mol. The first kappa shape index (κ1) is 31.0. The summed E-state index contributed by atoms with van der Waals surface area (Å²) in [7, 11) is 0. The van der Waals surface area contributed by atoms with Gasteiger partial charge in [-0.15, -0.1) is 0 Å². The molecule has 12 aromatic rings. The zero-order chi connectivity index (χ0) is 37.6. The molecule has 0 spiro atoms. The summed E-state index contributed by atoms with van der Waals surface area (Å²) in [4.78, 5) is 11.3. The van der Waals surface area contributed by atoms with E-state index in [1.54, 1.807) is 0 Å². The van der Waals surface area contributed by atoms with E-state index in [2.05, 4.69) is 170 Å². The van der Waals surface area contributed by atoms with Crippen LogP contribution in [-0.4, -0.2) is 14.5 Å². The van der Waals surface area contributed by atoms with Crippen molar-refractivity contribution in [3.63, 3.8) is 0 Å². The van der Waals surface area contributed by atoms with Crippen molar-refractivity contribution in [3.05, 3.63) is 175 Å². The van der Waals surface area contributed by atoms with Crippen molar-refractivity contribution in [1.82, 2.24) is 14.5 Å². The maximum atomic E-state index is 6.30. The molecule has 0 fully saturated rings. The van der Waals surface area contributed by atoms with Gasteiger partial charge in [0, 0.05) is 49.0 Å². The van der Waals surface area contributed by atoms with Gasteiger partial charge in [-0.05, 0) is 85.7 Å². The highest BCUT2D eigenvalue weighted by Crippen LogP contribution is 2.52. The number of fused-ring (bicyclic) bond motifs is 17.